The van der Waals surface area contributed by atoms with Gasteiger partial charge in [-0.2, -0.15) is 0 Å². The van der Waals surface area contributed by atoms with Crippen LogP contribution in [-0.4, -0.2) is 10.9 Å². The van der Waals surface area contributed by atoms with Gasteiger partial charge in [-0.15, -0.1) is 0 Å². The van der Waals surface area contributed by atoms with Crippen molar-refractivity contribution in [1.82, 2.24) is 0 Å². The van der Waals surface area contributed by atoms with Gasteiger partial charge in [0.1, 0.15) is 11.5 Å². The Kier molecular flexibility index (Phi) is 3.50. The molecule has 0 spiro atoms. The van der Waals surface area contributed by atoms with E-state index in [4.69, 9.17) is 0 Å². The van der Waals surface area contributed by atoms with Crippen molar-refractivity contribution in [3.63, 3.8) is 0 Å². The Morgan fingerprint density at radius 3 is 2.62 bits per heavy atom. The summed E-state index contributed by atoms with van der Waals surface area (Å²) in [6, 6.07) is 4.98. The number of aromatic hydroxyl groups is 1. The highest BCUT2D eigenvalue weighted by Crippen LogP contribution is 2.30. The molecule has 1 atom stereocenters. The van der Waals surface area contributed by atoms with Gasteiger partial charge in [-0.1, -0.05) is 22.0 Å². The summed E-state index contributed by atoms with van der Waals surface area (Å²) < 4.78 is 0.593. The zero-order chi connectivity index (χ0) is 10.0. The molecule has 4 heteroatoms. The summed E-state index contributed by atoms with van der Waals surface area (Å²) >= 11 is 6.44. The molecule has 0 saturated carbocycles. The van der Waals surface area contributed by atoms with Crippen molar-refractivity contribution in [3.8, 4) is 5.75 Å². The summed E-state index contributed by atoms with van der Waals surface area (Å²) in [6.45, 7) is 1.51. The highest BCUT2D eigenvalue weighted by atomic mass is 79.9. The van der Waals surface area contributed by atoms with Crippen molar-refractivity contribution in [3.05, 3.63) is 28.2 Å². The molecule has 1 N–H and O–H groups in total. The minimum absolute atomic E-state index is 0.0394. The lowest BCUT2D eigenvalue weighted by atomic mass is 10.1. The van der Waals surface area contributed by atoms with Crippen LogP contribution in [0.2, 0.25) is 0 Å². The molecular formula is C9H8Br2O2. The largest absolute Gasteiger partial charge is 0.507 e. The molecule has 0 aliphatic heterocycles. The molecule has 2 nitrogen and oxygen atoms in total. The van der Waals surface area contributed by atoms with E-state index in [9.17, 15) is 9.90 Å². The van der Waals surface area contributed by atoms with Crippen molar-refractivity contribution >= 4 is 37.6 Å². The average Bonchev–Trinajstić information content (AvgIpc) is 2.08. The number of Topliss-reactive ketones (excluding diaryl/α,β-unsaturated/α-hetero) is 1. The van der Waals surface area contributed by atoms with Crippen molar-refractivity contribution in [2.75, 3.05) is 0 Å². The maximum Gasteiger partial charge on any atom is 0.147 e. The second kappa shape index (κ2) is 4.24. The Morgan fingerprint density at radius 2 is 2.15 bits per heavy atom. The zero-order valence-corrected chi connectivity index (χ0v) is 10.1. The molecule has 1 unspecified atom stereocenters. The van der Waals surface area contributed by atoms with Gasteiger partial charge in [0, 0.05) is 0 Å². The van der Waals surface area contributed by atoms with Gasteiger partial charge >= 0.3 is 0 Å². The number of carbonyl (C=O) groups is 1. The molecule has 0 heterocycles. The molecular weight excluding hydrogens is 300 g/mol. The Balaban J connectivity index is 3.03. The zero-order valence-electron chi connectivity index (χ0n) is 6.92. The SMILES string of the molecule is CC(=O)C(Br)c1ccc(O)c(Br)c1. The summed E-state index contributed by atoms with van der Waals surface area (Å²) in [7, 11) is 0. The highest BCUT2D eigenvalue weighted by Gasteiger charge is 2.13. The van der Waals surface area contributed by atoms with Gasteiger partial charge < -0.3 is 5.11 Å². The highest BCUT2D eigenvalue weighted by molar-refractivity contribution is 9.10. The van der Waals surface area contributed by atoms with Gasteiger partial charge in [-0.05, 0) is 40.5 Å². The van der Waals surface area contributed by atoms with Crippen LogP contribution in [0.15, 0.2) is 22.7 Å². The molecule has 0 aliphatic rings. The first-order valence-electron chi connectivity index (χ1n) is 3.65. The maximum absolute atomic E-state index is 11.0. The molecule has 0 bridgehead atoms. The van der Waals surface area contributed by atoms with E-state index in [2.05, 4.69) is 31.9 Å². The first-order chi connectivity index (χ1) is 6.02. The number of hydrogen-bond acceptors (Lipinski definition) is 2. The number of rotatable bonds is 2. The van der Waals surface area contributed by atoms with Crippen LogP contribution in [0.5, 0.6) is 5.75 Å². The topological polar surface area (TPSA) is 37.3 Å². The Labute approximate surface area is 93.2 Å². The van der Waals surface area contributed by atoms with E-state index in [-0.39, 0.29) is 16.4 Å². The van der Waals surface area contributed by atoms with Crippen LogP contribution < -0.4 is 0 Å². The van der Waals surface area contributed by atoms with Crippen LogP contribution in [-0.2, 0) is 4.79 Å². The third-order valence-corrected chi connectivity index (χ3v) is 3.43. The third kappa shape index (κ3) is 2.54. The number of ketones is 1. The lowest BCUT2D eigenvalue weighted by Gasteiger charge is -2.06. The number of phenols is 1. The molecule has 0 saturated heterocycles. The fourth-order valence-corrected chi connectivity index (χ4v) is 1.60. The van der Waals surface area contributed by atoms with Gasteiger partial charge in [-0.25, -0.2) is 0 Å². The van der Waals surface area contributed by atoms with E-state index in [1.807, 2.05) is 0 Å². The lowest BCUT2D eigenvalue weighted by molar-refractivity contribution is -0.116. The van der Waals surface area contributed by atoms with Gasteiger partial charge in [0.2, 0.25) is 0 Å². The monoisotopic (exact) mass is 306 g/mol. The molecule has 13 heavy (non-hydrogen) atoms. The van der Waals surface area contributed by atoms with Gasteiger partial charge in [0.25, 0.3) is 0 Å². The van der Waals surface area contributed by atoms with Crippen LogP contribution in [0.1, 0.15) is 17.3 Å². The van der Waals surface area contributed by atoms with Crippen LogP contribution in [0.25, 0.3) is 0 Å². The summed E-state index contributed by atoms with van der Waals surface area (Å²) in [5.41, 5.74) is 0.831. The fourth-order valence-electron chi connectivity index (χ4n) is 0.916. The number of phenolic OH excluding ortho intramolecular Hbond substituents is 1. The minimum atomic E-state index is -0.301. The molecule has 0 aromatic heterocycles. The molecule has 0 aliphatic carbocycles. The molecule has 0 radical (unpaired) electrons. The summed E-state index contributed by atoms with van der Waals surface area (Å²) in [6.07, 6.45) is 0. The second-order valence-electron chi connectivity index (χ2n) is 2.68. The number of alkyl halides is 1. The first kappa shape index (κ1) is 10.7. The number of benzene rings is 1. The fraction of sp³-hybridized carbons (Fsp3) is 0.222. The first-order valence-corrected chi connectivity index (χ1v) is 5.36. The van der Waals surface area contributed by atoms with E-state index in [0.717, 1.165) is 5.56 Å². The van der Waals surface area contributed by atoms with Crippen LogP contribution in [0.3, 0.4) is 0 Å². The summed E-state index contributed by atoms with van der Waals surface area (Å²) in [5.74, 6) is 0.213. The van der Waals surface area contributed by atoms with E-state index in [0.29, 0.717) is 4.47 Å². The smallest absolute Gasteiger partial charge is 0.147 e. The second-order valence-corrected chi connectivity index (χ2v) is 4.45. The standard InChI is InChI=1S/C9H8Br2O2/c1-5(12)9(11)6-2-3-8(13)7(10)4-6/h2-4,9,13H,1H3. The maximum atomic E-state index is 11.0. The molecule has 1 aromatic carbocycles. The van der Waals surface area contributed by atoms with E-state index in [1.54, 1.807) is 18.2 Å². The van der Waals surface area contributed by atoms with E-state index >= 15 is 0 Å². The molecule has 0 amide bonds. The van der Waals surface area contributed by atoms with Crippen LogP contribution >= 0.6 is 31.9 Å². The quantitative estimate of drug-likeness (QED) is 0.852. The Bertz CT molecular complexity index is 336. The average molecular weight is 308 g/mol. The van der Waals surface area contributed by atoms with Gasteiger partial charge in [-0.3, -0.25) is 4.79 Å². The van der Waals surface area contributed by atoms with Crippen LogP contribution in [0.4, 0.5) is 0 Å². The minimum Gasteiger partial charge on any atom is -0.507 e. The number of hydrogen-bond donors (Lipinski definition) is 1. The van der Waals surface area contributed by atoms with E-state index in [1.165, 1.54) is 6.92 Å². The third-order valence-electron chi connectivity index (χ3n) is 1.62. The van der Waals surface area contributed by atoms with Crippen molar-refractivity contribution in [2.45, 2.75) is 11.8 Å². The predicted octanol–water partition coefficient (Wildman–Crippen LogP) is 3.18. The van der Waals surface area contributed by atoms with Crippen molar-refractivity contribution < 1.29 is 9.90 Å². The molecule has 1 aromatic rings. The Morgan fingerprint density at radius 1 is 1.54 bits per heavy atom. The summed E-state index contributed by atoms with van der Waals surface area (Å²) in [5, 5.41) is 9.22. The number of halogens is 2. The van der Waals surface area contributed by atoms with Gasteiger partial charge in [0.05, 0.1) is 9.30 Å². The van der Waals surface area contributed by atoms with E-state index < -0.39 is 0 Å². The van der Waals surface area contributed by atoms with Crippen molar-refractivity contribution in [2.24, 2.45) is 0 Å². The van der Waals surface area contributed by atoms with Gasteiger partial charge in [0.15, 0.2) is 0 Å². The normalized spacial score (nSPS) is 12.5. The van der Waals surface area contributed by atoms with Crippen LogP contribution in [0, 0.1) is 0 Å². The molecule has 0 fully saturated rings. The lowest BCUT2D eigenvalue weighted by Crippen LogP contribution is -2.00. The van der Waals surface area contributed by atoms with Crippen molar-refractivity contribution in [1.29, 1.82) is 0 Å². The molecule has 1 rings (SSSR count). The predicted molar refractivity (Wildman–Crippen MR) is 58.2 cm³/mol. The Hall–Kier alpha value is -0.350. The number of carbonyl (C=O) groups excluding carboxylic acids is 1. The molecule has 70 valence electrons. The summed E-state index contributed by atoms with van der Waals surface area (Å²) in [4.78, 5) is 10.7.